The van der Waals surface area contributed by atoms with Gasteiger partial charge in [-0.25, -0.2) is 4.98 Å². The number of allylic oxidation sites excluding steroid dienone is 1. The second-order valence-corrected chi connectivity index (χ2v) is 4.87. The topological polar surface area (TPSA) is 52.1 Å². The lowest BCUT2D eigenvalue weighted by molar-refractivity contribution is 0.104. The van der Waals surface area contributed by atoms with Gasteiger partial charge in [0.1, 0.15) is 17.1 Å². The molecule has 0 aliphatic heterocycles. The van der Waals surface area contributed by atoms with Crippen LogP contribution in [0.3, 0.4) is 0 Å². The Labute approximate surface area is 121 Å². The van der Waals surface area contributed by atoms with Crippen molar-refractivity contribution in [3.8, 4) is 0 Å². The molecule has 3 aromatic rings. The molecule has 0 unspecified atom stereocenters. The summed E-state index contributed by atoms with van der Waals surface area (Å²) in [5.74, 6) is 0.396. The largest absolute Gasteiger partial charge is 0.491 e. The molecule has 0 spiro atoms. The fourth-order valence-electron chi connectivity index (χ4n) is 2.79. The van der Waals surface area contributed by atoms with E-state index >= 15 is 0 Å². The molecule has 2 heterocycles. The Balaban J connectivity index is 2.20. The number of hydrogen-bond donors (Lipinski definition) is 0. The molecule has 1 aliphatic rings. The van der Waals surface area contributed by atoms with Gasteiger partial charge in [-0.05, 0) is 24.4 Å². The molecule has 0 N–H and O–H groups in total. The van der Waals surface area contributed by atoms with E-state index in [1.807, 2.05) is 37.3 Å². The molecule has 0 saturated carbocycles. The molecule has 0 atom stereocenters. The molecular formula is C17H12N2O2. The molecule has 4 nitrogen and oxygen atoms in total. The molecule has 1 aliphatic carbocycles. The number of rotatable bonds is 2. The zero-order chi connectivity index (χ0) is 14.4. The smallest absolute Gasteiger partial charge is 0.208 e. The maximum Gasteiger partial charge on any atom is 0.208 e. The highest BCUT2D eigenvalue weighted by atomic mass is 16.5. The van der Waals surface area contributed by atoms with Crippen molar-refractivity contribution in [2.75, 3.05) is 6.61 Å². The third kappa shape index (κ3) is 1.65. The average molecular weight is 276 g/mol. The van der Waals surface area contributed by atoms with E-state index in [2.05, 4.69) is 9.97 Å². The van der Waals surface area contributed by atoms with Gasteiger partial charge in [0, 0.05) is 23.0 Å². The van der Waals surface area contributed by atoms with E-state index in [9.17, 15) is 4.79 Å². The molecule has 4 heteroatoms. The van der Waals surface area contributed by atoms with Crippen molar-refractivity contribution in [2.45, 2.75) is 6.92 Å². The maximum absolute atomic E-state index is 12.2. The Morgan fingerprint density at radius 3 is 2.81 bits per heavy atom. The summed E-state index contributed by atoms with van der Waals surface area (Å²) in [5, 5.41) is 2.79. The minimum atomic E-state index is -0.131. The highest BCUT2D eigenvalue weighted by Gasteiger charge is 2.25. The molecule has 21 heavy (non-hydrogen) atoms. The van der Waals surface area contributed by atoms with Crippen molar-refractivity contribution in [3.05, 3.63) is 54.0 Å². The number of fused-ring (bicyclic) bond motifs is 2. The fourth-order valence-corrected chi connectivity index (χ4v) is 2.79. The van der Waals surface area contributed by atoms with Crippen molar-refractivity contribution in [1.29, 1.82) is 0 Å². The normalized spacial score (nSPS) is 13.6. The first-order chi connectivity index (χ1) is 10.3. The number of ether oxygens (including phenoxy) is 1. The maximum atomic E-state index is 12.2. The molecule has 0 fully saturated rings. The number of carbonyl (C=O) groups excluding carboxylic acids is 1. The molecule has 102 valence electrons. The van der Waals surface area contributed by atoms with Crippen LogP contribution in [0, 0.1) is 0 Å². The van der Waals surface area contributed by atoms with Crippen LogP contribution in [0.25, 0.3) is 27.4 Å². The number of nitrogens with zero attached hydrogens (tertiary/aromatic N) is 2. The lowest BCUT2D eigenvalue weighted by Gasteiger charge is -2.17. The number of ketones is 1. The van der Waals surface area contributed by atoms with Gasteiger partial charge in [0.15, 0.2) is 0 Å². The van der Waals surface area contributed by atoms with E-state index in [1.54, 1.807) is 6.20 Å². The summed E-state index contributed by atoms with van der Waals surface area (Å²) >= 11 is 0. The van der Waals surface area contributed by atoms with Gasteiger partial charge in [-0.15, -0.1) is 0 Å². The Morgan fingerprint density at radius 2 is 1.95 bits per heavy atom. The fraction of sp³-hybridized carbons (Fsp3) is 0.118. The summed E-state index contributed by atoms with van der Waals surface area (Å²) in [6.07, 6.45) is 3.15. The highest BCUT2D eigenvalue weighted by Crippen LogP contribution is 2.35. The zero-order valence-electron chi connectivity index (χ0n) is 11.5. The minimum absolute atomic E-state index is 0.131. The van der Waals surface area contributed by atoms with E-state index < -0.39 is 0 Å². The van der Waals surface area contributed by atoms with Gasteiger partial charge in [-0.1, -0.05) is 18.2 Å². The Hall–Kier alpha value is -2.75. The van der Waals surface area contributed by atoms with Crippen LogP contribution < -0.4 is 0 Å². The van der Waals surface area contributed by atoms with Gasteiger partial charge < -0.3 is 4.74 Å². The second-order valence-electron chi connectivity index (χ2n) is 4.87. The quantitative estimate of drug-likeness (QED) is 0.673. The number of para-hydroxylation sites is 1. The number of pyridine rings is 2. The van der Waals surface area contributed by atoms with E-state index in [0.29, 0.717) is 23.8 Å². The summed E-state index contributed by atoms with van der Waals surface area (Å²) < 4.78 is 5.60. The van der Waals surface area contributed by atoms with E-state index in [0.717, 1.165) is 21.7 Å². The van der Waals surface area contributed by atoms with Crippen LogP contribution in [-0.4, -0.2) is 22.4 Å². The van der Waals surface area contributed by atoms with Crippen LogP contribution in [0.5, 0.6) is 0 Å². The van der Waals surface area contributed by atoms with Gasteiger partial charge in [-0.2, -0.15) is 0 Å². The molecule has 0 bridgehead atoms. The van der Waals surface area contributed by atoms with Crippen molar-refractivity contribution < 1.29 is 9.53 Å². The molecule has 0 radical (unpaired) electrons. The van der Waals surface area contributed by atoms with Crippen molar-refractivity contribution >= 4 is 33.2 Å². The van der Waals surface area contributed by atoms with Crippen LogP contribution >= 0.6 is 0 Å². The van der Waals surface area contributed by atoms with Crippen LogP contribution in [0.2, 0.25) is 0 Å². The zero-order valence-corrected chi connectivity index (χ0v) is 11.5. The summed E-state index contributed by atoms with van der Waals surface area (Å²) in [6, 6.07) is 9.82. The first kappa shape index (κ1) is 12.0. The standard InChI is InChI=1S/C17H12N2O2/c1-2-21-14-9-13(20)16-15-11(7-8-18-16)10-5-3-4-6-12(10)19-17(14)15/h3-9H,2H2,1H3. The van der Waals surface area contributed by atoms with E-state index in [4.69, 9.17) is 4.74 Å². The third-order valence-electron chi connectivity index (χ3n) is 3.64. The second kappa shape index (κ2) is 4.38. The van der Waals surface area contributed by atoms with Gasteiger partial charge in [-0.3, -0.25) is 9.78 Å². The Bertz CT molecular complexity index is 929. The van der Waals surface area contributed by atoms with Gasteiger partial charge in [0.2, 0.25) is 5.78 Å². The Kier molecular flexibility index (Phi) is 2.51. The van der Waals surface area contributed by atoms with Crippen molar-refractivity contribution in [2.24, 2.45) is 0 Å². The van der Waals surface area contributed by atoms with Gasteiger partial charge >= 0.3 is 0 Å². The summed E-state index contributed by atoms with van der Waals surface area (Å²) in [6.45, 7) is 2.38. The number of carbonyl (C=O) groups is 1. The first-order valence-electron chi connectivity index (χ1n) is 6.86. The SMILES string of the molecule is CCOC1=CC(=O)c2nccc3c2c1nc1ccccc13. The Morgan fingerprint density at radius 1 is 1.10 bits per heavy atom. The monoisotopic (exact) mass is 276 g/mol. The molecular weight excluding hydrogens is 264 g/mol. The molecule has 2 aromatic heterocycles. The third-order valence-corrected chi connectivity index (χ3v) is 3.64. The summed E-state index contributed by atoms with van der Waals surface area (Å²) in [7, 11) is 0. The molecule has 0 saturated heterocycles. The lowest BCUT2D eigenvalue weighted by atomic mass is 9.96. The highest BCUT2D eigenvalue weighted by molar-refractivity contribution is 6.23. The van der Waals surface area contributed by atoms with Crippen LogP contribution in [0.15, 0.2) is 42.6 Å². The van der Waals surface area contributed by atoms with Gasteiger partial charge in [0.05, 0.1) is 12.1 Å². The minimum Gasteiger partial charge on any atom is -0.491 e. The van der Waals surface area contributed by atoms with Crippen LogP contribution in [-0.2, 0) is 4.74 Å². The lowest BCUT2D eigenvalue weighted by Crippen LogP contribution is -2.11. The molecule has 0 amide bonds. The summed E-state index contributed by atoms with van der Waals surface area (Å²) in [5.41, 5.74) is 2.04. The predicted octanol–water partition coefficient (Wildman–Crippen LogP) is 3.36. The van der Waals surface area contributed by atoms with Crippen molar-refractivity contribution in [1.82, 2.24) is 9.97 Å². The van der Waals surface area contributed by atoms with Crippen LogP contribution in [0.4, 0.5) is 0 Å². The average Bonchev–Trinajstić information content (AvgIpc) is 2.52. The molecule has 4 rings (SSSR count). The number of benzene rings is 1. The summed E-state index contributed by atoms with van der Waals surface area (Å²) in [4.78, 5) is 21.2. The predicted molar refractivity (Wildman–Crippen MR) is 81.0 cm³/mol. The van der Waals surface area contributed by atoms with E-state index in [1.165, 1.54) is 6.08 Å². The van der Waals surface area contributed by atoms with E-state index in [-0.39, 0.29) is 5.78 Å². The van der Waals surface area contributed by atoms with Crippen LogP contribution in [0.1, 0.15) is 23.1 Å². The van der Waals surface area contributed by atoms with Gasteiger partial charge in [0.25, 0.3) is 0 Å². The van der Waals surface area contributed by atoms with Crippen molar-refractivity contribution in [3.63, 3.8) is 0 Å². The number of hydrogen-bond acceptors (Lipinski definition) is 4. The molecule has 1 aromatic carbocycles. The first-order valence-corrected chi connectivity index (χ1v) is 6.86. The number of aromatic nitrogens is 2.